The minimum Gasteiger partial charge on any atom is -0.480 e. The maximum Gasteiger partial charge on any atom is 0.233 e. The van der Waals surface area contributed by atoms with Crippen molar-refractivity contribution in [2.24, 2.45) is 0 Å². The van der Waals surface area contributed by atoms with Gasteiger partial charge in [0, 0.05) is 44.6 Å². The molecule has 0 radical (unpaired) electrons. The first-order valence-electron chi connectivity index (χ1n) is 9.41. The number of anilines is 3. The van der Waals surface area contributed by atoms with E-state index in [4.69, 9.17) is 4.74 Å². The third-order valence-corrected chi connectivity index (χ3v) is 4.83. The van der Waals surface area contributed by atoms with E-state index in [1.807, 2.05) is 6.20 Å². The summed E-state index contributed by atoms with van der Waals surface area (Å²) in [5.74, 6) is 2.20. The molecule has 0 unspecified atom stereocenters. The van der Waals surface area contributed by atoms with E-state index in [0.29, 0.717) is 18.2 Å². The summed E-state index contributed by atoms with van der Waals surface area (Å²) in [5.41, 5.74) is 2.38. The van der Waals surface area contributed by atoms with Crippen LogP contribution >= 0.6 is 0 Å². The van der Waals surface area contributed by atoms with Gasteiger partial charge in [-0.2, -0.15) is 4.98 Å². The Kier molecular flexibility index (Phi) is 5.51. The second-order valence-electron chi connectivity index (χ2n) is 6.63. The normalized spacial score (nSPS) is 14.0. The van der Waals surface area contributed by atoms with Gasteiger partial charge in [-0.1, -0.05) is 24.3 Å². The van der Waals surface area contributed by atoms with Gasteiger partial charge in [0.2, 0.25) is 5.88 Å². The minimum absolute atomic E-state index is 0.494. The second-order valence-corrected chi connectivity index (χ2v) is 6.63. The second kappa shape index (κ2) is 8.56. The lowest BCUT2D eigenvalue weighted by Crippen LogP contribution is -2.46. The van der Waals surface area contributed by atoms with Gasteiger partial charge in [0.05, 0.1) is 19.5 Å². The molecular formula is C21H24N6O. The number of piperazine rings is 1. The van der Waals surface area contributed by atoms with Crippen LogP contribution in [0.2, 0.25) is 0 Å². The Morgan fingerprint density at radius 2 is 1.71 bits per heavy atom. The van der Waals surface area contributed by atoms with Gasteiger partial charge in [-0.05, 0) is 23.8 Å². The molecule has 0 aliphatic carbocycles. The van der Waals surface area contributed by atoms with Gasteiger partial charge in [0.25, 0.3) is 0 Å². The van der Waals surface area contributed by atoms with Gasteiger partial charge in [-0.15, -0.1) is 0 Å². The molecule has 1 saturated heterocycles. The zero-order valence-electron chi connectivity index (χ0n) is 16.0. The zero-order valence-corrected chi connectivity index (χ0v) is 16.0. The average Bonchev–Trinajstić information content (AvgIpc) is 2.79. The predicted molar refractivity (Wildman–Crippen MR) is 111 cm³/mol. The van der Waals surface area contributed by atoms with Crippen LogP contribution in [0, 0.1) is 0 Å². The number of hydrogen-bond acceptors (Lipinski definition) is 7. The third-order valence-electron chi connectivity index (χ3n) is 4.83. The summed E-state index contributed by atoms with van der Waals surface area (Å²) in [5, 5.41) is 3.24. The van der Waals surface area contributed by atoms with Crippen molar-refractivity contribution in [2.75, 3.05) is 48.4 Å². The summed E-state index contributed by atoms with van der Waals surface area (Å²) in [7, 11) is 1.58. The van der Waals surface area contributed by atoms with E-state index < -0.39 is 0 Å². The number of nitrogens with zero attached hydrogens (tertiary/aromatic N) is 5. The van der Waals surface area contributed by atoms with Crippen molar-refractivity contribution < 1.29 is 4.74 Å². The highest BCUT2D eigenvalue weighted by Crippen LogP contribution is 2.19. The zero-order chi connectivity index (χ0) is 19.2. The number of benzene rings is 1. The Labute approximate surface area is 165 Å². The first kappa shape index (κ1) is 18.0. The average molecular weight is 376 g/mol. The summed E-state index contributed by atoms with van der Waals surface area (Å²) in [6.07, 6.45) is 5.18. The Morgan fingerprint density at radius 3 is 2.43 bits per heavy atom. The molecule has 3 aromatic rings. The van der Waals surface area contributed by atoms with Crippen molar-refractivity contribution in [3.8, 4) is 5.88 Å². The Bertz CT molecular complexity index is 879. The molecule has 3 heterocycles. The van der Waals surface area contributed by atoms with E-state index >= 15 is 0 Å². The molecule has 0 bridgehead atoms. The van der Waals surface area contributed by atoms with E-state index in [-0.39, 0.29) is 0 Å². The van der Waals surface area contributed by atoms with E-state index in [0.717, 1.165) is 37.6 Å². The quantitative estimate of drug-likeness (QED) is 0.709. The molecule has 1 aliphatic rings. The minimum atomic E-state index is 0.494. The highest BCUT2D eigenvalue weighted by molar-refractivity contribution is 5.49. The number of pyridine rings is 1. The van der Waals surface area contributed by atoms with Crippen LogP contribution < -0.4 is 19.9 Å². The Morgan fingerprint density at radius 1 is 0.929 bits per heavy atom. The SMILES string of the molecule is COc1cncc(NCc2ccc(N3CCN(c4ccccc4)CC3)nc2)n1. The van der Waals surface area contributed by atoms with Crippen LogP contribution in [-0.4, -0.2) is 48.2 Å². The number of methoxy groups -OCH3 is 1. The molecule has 4 rings (SSSR count). The van der Waals surface area contributed by atoms with Crippen LogP contribution in [0.3, 0.4) is 0 Å². The monoisotopic (exact) mass is 376 g/mol. The molecule has 28 heavy (non-hydrogen) atoms. The molecule has 7 nitrogen and oxygen atoms in total. The fourth-order valence-electron chi connectivity index (χ4n) is 3.27. The molecule has 2 aromatic heterocycles. The largest absolute Gasteiger partial charge is 0.480 e. The maximum atomic E-state index is 5.09. The van der Waals surface area contributed by atoms with E-state index in [2.05, 4.69) is 72.5 Å². The molecule has 1 aliphatic heterocycles. The number of nitrogens with one attached hydrogen (secondary N) is 1. The predicted octanol–water partition coefficient (Wildman–Crippen LogP) is 2.82. The Balaban J connectivity index is 1.31. The molecule has 0 amide bonds. The van der Waals surface area contributed by atoms with E-state index in [9.17, 15) is 0 Å². The standard InChI is InChI=1S/C21H24N6O/c1-28-21-16-22-15-19(25-21)23-13-17-7-8-20(24-14-17)27-11-9-26(10-12-27)18-5-3-2-4-6-18/h2-8,14-16H,9-13H2,1H3,(H,23,25). The summed E-state index contributed by atoms with van der Waals surface area (Å²) in [6.45, 7) is 4.59. The van der Waals surface area contributed by atoms with Crippen molar-refractivity contribution in [1.82, 2.24) is 15.0 Å². The summed E-state index contributed by atoms with van der Waals surface area (Å²) in [4.78, 5) is 17.8. The molecular weight excluding hydrogens is 352 g/mol. The number of para-hydroxylation sites is 1. The number of hydrogen-bond donors (Lipinski definition) is 1. The van der Waals surface area contributed by atoms with Gasteiger partial charge < -0.3 is 19.9 Å². The topological polar surface area (TPSA) is 66.4 Å². The fraction of sp³-hybridized carbons (Fsp3) is 0.286. The van der Waals surface area contributed by atoms with E-state index in [1.54, 1.807) is 19.5 Å². The van der Waals surface area contributed by atoms with Crippen molar-refractivity contribution in [2.45, 2.75) is 6.54 Å². The summed E-state index contributed by atoms with van der Waals surface area (Å²) < 4.78 is 5.09. The van der Waals surface area contributed by atoms with Crippen LogP contribution in [0.15, 0.2) is 61.1 Å². The molecule has 1 aromatic carbocycles. The van der Waals surface area contributed by atoms with Crippen LogP contribution in [0.25, 0.3) is 0 Å². The molecule has 0 atom stereocenters. The molecule has 7 heteroatoms. The number of ether oxygens (including phenoxy) is 1. The Hall–Kier alpha value is -3.35. The summed E-state index contributed by atoms with van der Waals surface area (Å²) in [6, 6.07) is 14.8. The number of aromatic nitrogens is 3. The number of rotatable bonds is 6. The van der Waals surface area contributed by atoms with Crippen LogP contribution in [0.5, 0.6) is 5.88 Å². The van der Waals surface area contributed by atoms with Crippen molar-refractivity contribution in [3.05, 3.63) is 66.6 Å². The molecule has 0 saturated carbocycles. The van der Waals surface area contributed by atoms with E-state index in [1.165, 1.54) is 5.69 Å². The molecule has 144 valence electrons. The summed E-state index contributed by atoms with van der Waals surface area (Å²) >= 11 is 0. The van der Waals surface area contributed by atoms with Crippen molar-refractivity contribution in [3.63, 3.8) is 0 Å². The lowest BCUT2D eigenvalue weighted by molar-refractivity contribution is 0.396. The molecule has 1 N–H and O–H groups in total. The van der Waals surface area contributed by atoms with Crippen molar-refractivity contribution >= 4 is 17.3 Å². The van der Waals surface area contributed by atoms with Gasteiger partial charge in [0.1, 0.15) is 11.6 Å². The first-order chi connectivity index (χ1) is 13.8. The lowest BCUT2D eigenvalue weighted by Gasteiger charge is -2.36. The highest BCUT2D eigenvalue weighted by Gasteiger charge is 2.18. The van der Waals surface area contributed by atoms with Gasteiger partial charge in [-0.25, -0.2) is 4.98 Å². The maximum absolute atomic E-state index is 5.09. The third kappa shape index (κ3) is 4.31. The lowest BCUT2D eigenvalue weighted by atomic mass is 10.2. The molecule has 0 spiro atoms. The van der Waals surface area contributed by atoms with Crippen LogP contribution in [-0.2, 0) is 6.54 Å². The fourth-order valence-corrected chi connectivity index (χ4v) is 3.27. The highest BCUT2D eigenvalue weighted by atomic mass is 16.5. The van der Waals surface area contributed by atoms with Crippen molar-refractivity contribution in [1.29, 1.82) is 0 Å². The first-order valence-corrected chi connectivity index (χ1v) is 9.41. The van der Waals surface area contributed by atoms with Gasteiger partial charge in [0.15, 0.2) is 0 Å². The van der Waals surface area contributed by atoms with Crippen LogP contribution in [0.1, 0.15) is 5.56 Å². The van der Waals surface area contributed by atoms with Gasteiger partial charge >= 0.3 is 0 Å². The van der Waals surface area contributed by atoms with Crippen LogP contribution in [0.4, 0.5) is 17.3 Å². The van der Waals surface area contributed by atoms with Gasteiger partial charge in [-0.3, -0.25) is 4.98 Å². The molecule has 1 fully saturated rings. The smallest absolute Gasteiger partial charge is 0.233 e.